The molecule has 0 atom stereocenters. The second kappa shape index (κ2) is 10.3. The second-order valence-electron chi connectivity index (χ2n) is 0.236. The van der Waals surface area contributed by atoms with Gasteiger partial charge < -0.3 is 19.6 Å². The minimum absolute atomic E-state index is 0. The minimum atomic E-state index is 0. The Morgan fingerprint density at radius 3 is 1.75 bits per heavy atom. The quantitative estimate of drug-likeness (QED) is 0.545. The van der Waals surface area contributed by atoms with E-state index < -0.39 is 0 Å². The molecule has 0 aromatic heterocycles. The molecule has 0 aliphatic carbocycles. The van der Waals surface area contributed by atoms with Crippen LogP contribution in [-0.4, -0.2) is 0 Å². The maximum atomic E-state index is 4.61. The van der Waals surface area contributed by atoms with Crippen molar-refractivity contribution in [3.05, 3.63) is 19.6 Å². The Hall–Kier alpha value is 0.298. The van der Waals surface area contributed by atoms with Crippen LogP contribution in [0.2, 0.25) is 0 Å². The van der Waals surface area contributed by atoms with Crippen molar-refractivity contribution in [1.82, 2.24) is 0 Å². The fourth-order valence-electron chi connectivity index (χ4n) is 0. The van der Waals surface area contributed by atoms with Gasteiger partial charge in [-0.25, -0.2) is 0 Å². The zero-order chi connectivity index (χ0) is 2.71. The van der Waals surface area contributed by atoms with Crippen molar-refractivity contribution in [2.45, 2.75) is 0 Å². The van der Waals surface area contributed by atoms with Gasteiger partial charge in [-0.1, -0.05) is 0 Å². The predicted molar refractivity (Wildman–Crippen MR) is 14.2 cm³/mol. The van der Waals surface area contributed by atoms with Crippen molar-refractivity contribution in [1.29, 1.82) is 0 Å². The molecule has 0 spiro atoms. The number of hydrogen-bond acceptors (Lipinski definition) is 0. The van der Waals surface area contributed by atoms with Crippen LogP contribution >= 0.6 is 0 Å². The number of hydrogen-bond donors (Lipinski definition) is 0. The van der Waals surface area contributed by atoms with E-state index in [1.165, 1.54) is 6.08 Å². The third kappa shape index (κ3) is 43.5. The number of rotatable bonds is 0. The Labute approximate surface area is 41.2 Å². The molecule has 0 unspecified atom stereocenters. The summed E-state index contributed by atoms with van der Waals surface area (Å²) in [5.74, 6) is 0. The molecule has 0 aliphatic heterocycles. The zero-order valence-electron chi connectivity index (χ0n) is 2.18. The molecule has 0 nitrogen and oxygen atoms in total. The van der Waals surface area contributed by atoms with Crippen LogP contribution < -0.4 is 0 Å². The van der Waals surface area contributed by atoms with Crippen molar-refractivity contribution < 1.29 is 21.1 Å². The van der Waals surface area contributed by atoms with Crippen LogP contribution in [-0.2, 0) is 21.1 Å². The molecule has 0 aromatic carbocycles. The second-order valence-corrected chi connectivity index (χ2v) is 0.236. The van der Waals surface area contributed by atoms with Gasteiger partial charge in [-0.15, -0.1) is 0 Å². The van der Waals surface area contributed by atoms with Gasteiger partial charge in [0.2, 0.25) is 0 Å². The Balaban J connectivity index is 0. The molecule has 0 saturated carbocycles. The van der Waals surface area contributed by atoms with E-state index in [0.717, 1.165) is 0 Å². The first kappa shape index (κ1) is 8.85. The summed E-state index contributed by atoms with van der Waals surface area (Å²) in [6, 6.07) is 0. The van der Waals surface area contributed by atoms with Crippen molar-refractivity contribution in [3.8, 4) is 0 Å². The monoisotopic (exact) mass is 235 g/mol. The predicted octanol–water partition coefficient (Wildman–Crippen LogP) is 0.807. The van der Waals surface area contributed by atoms with Crippen LogP contribution in [0.3, 0.4) is 0 Å². The Kier molecular flexibility index (Phi) is 22.9. The number of allylic oxidation sites excluding steroid dienone is 1. The first-order chi connectivity index (χ1) is 1.41. The van der Waals surface area contributed by atoms with Gasteiger partial charge in [0.1, 0.15) is 0 Å². The van der Waals surface area contributed by atoms with Gasteiger partial charge in [-0.2, -0.15) is 0 Å². The minimum Gasteiger partial charge on any atom is -0.549 e. The van der Waals surface area contributed by atoms with E-state index in [4.69, 9.17) is 0 Å². The van der Waals surface area contributed by atoms with Crippen LogP contribution in [0.4, 0.5) is 0 Å². The Morgan fingerprint density at radius 2 is 1.75 bits per heavy atom. The molecule has 0 bridgehead atoms. The SMILES string of the molecule is [CH-]=C[CH2-].[Pt+2]. The summed E-state index contributed by atoms with van der Waals surface area (Å²) in [6.07, 6.45) is 1.25. The van der Waals surface area contributed by atoms with Gasteiger partial charge in [0.15, 0.2) is 0 Å². The standard InChI is InChI=1S/C3H4.Pt/c1-3-2;/h1,3H,2H2;/q-2;+2. The van der Waals surface area contributed by atoms with Gasteiger partial charge in [0.25, 0.3) is 0 Å². The first-order valence-electron chi connectivity index (χ1n) is 0.742. The van der Waals surface area contributed by atoms with E-state index in [2.05, 4.69) is 13.5 Å². The van der Waals surface area contributed by atoms with Crippen molar-refractivity contribution in [2.24, 2.45) is 0 Å². The molecule has 0 amide bonds. The third-order valence-corrected chi connectivity index (χ3v) is 0. The van der Waals surface area contributed by atoms with Gasteiger partial charge >= 0.3 is 21.1 Å². The molecule has 0 aromatic rings. The van der Waals surface area contributed by atoms with Gasteiger partial charge in [-0.05, 0) is 0 Å². The molecule has 4 heavy (non-hydrogen) atoms. The van der Waals surface area contributed by atoms with Crippen LogP contribution in [0, 0.1) is 13.5 Å². The van der Waals surface area contributed by atoms with E-state index >= 15 is 0 Å². The molecule has 26 valence electrons. The maximum Gasteiger partial charge on any atom is 2.00 e. The van der Waals surface area contributed by atoms with E-state index in [-0.39, 0.29) is 21.1 Å². The van der Waals surface area contributed by atoms with Crippen molar-refractivity contribution in [3.63, 3.8) is 0 Å². The molecule has 0 aliphatic rings. The Morgan fingerprint density at radius 1 is 1.75 bits per heavy atom. The van der Waals surface area contributed by atoms with Gasteiger partial charge in [-0.3, -0.25) is 0 Å². The van der Waals surface area contributed by atoms with E-state index in [1.807, 2.05) is 0 Å². The summed E-state index contributed by atoms with van der Waals surface area (Å²) >= 11 is 0. The molecule has 1 heteroatoms. The van der Waals surface area contributed by atoms with Crippen molar-refractivity contribution >= 4 is 0 Å². The molecule has 0 rings (SSSR count). The smallest absolute Gasteiger partial charge is 0.549 e. The molecule has 0 fully saturated rings. The summed E-state index contributed by atoms with van der Waals surface area (Å²) < 4.78 is 0. The zero-order valence-corrected chi connectivity index (χ0v) is 4.45. The van der Waals surface area contributed by atoms with E-state index in [0.29, 0.717) is 0 Å². The summed E-state index contributed by atoms with van der Waals surface area (Å²) in [4.78, 5) is 0. The van der Waals surface area contributed by atoms with Crippen LogP contribution in [0.25, 0.3) is 0 Å². The Bertz CT molecular complexity index is 10.8. The van der Waals surface area contributed by atoms with Crippen LogP contribution in [0.5, 0.6) is 0 Å². The average molecular weight is 235 g/mol. The maximum absolute atomic E-state index is 4.61. The molecular weight excluding hydrogens is 231 g/mol. The van der Waals surface area contributed by atoms with Crippen LogP contribution in [0.1, 0.15) is 0 Å². The third-order valence-electron chi connectivity index (χ3n) is 0. The molecule has 0 saturated heterocycles. The first-order valence-corrected chi connectivity index (χ1v) is 0.742. The van der Waals surface area contributed by atoms with E-state index in [9.17, 15) is 0 Å². The summed E-state index contributed by atoms with van der Waals surface area (Å²) in [5, 5.41) is 0. The largest absolute Gasteiger partial charge is 2.00 e. The average Bonchev–Trinajstić information content (AvgIpc) is 0.918. The van der Waals surface area contributed by atoms with Crippen molar-refractivity contribution in [2.75, 3.05) is 0 Å². The van der Waals surface area contributed by atoms with Crippen LogP contribution in [0.15, 0.2) is 6.08 Å². The van der Waals surface area contributed by atoms with Gasteiger partial charge in [0.05, 0.1) is 0 Å². The topological polar surface area (TPSA) is 0 Å². The summed E-state index contributed by atoms with van der Waals surface area (Å²) in [7, 11) is 0. The normalized spacial score (nSPS) is 3.00. The fraction of sp³-hybridized carbons (Fsp3) is 0. The molecule has 0 heterocycles. The van der Waals surface area contributed by atoms with Gasteiger partial charge in [0, 0.05) is 0 Å². The molecular formula is C3H4Pt. The molecule has 0 radical (unpaired) electrons. The molecule has 0 N–H and O–H groups in total. The summed E-state index contributed by atoms with van der Waals surface area (Å²) in [5.41, 5.74) is 0. The summed E-state index contributed by atoms with van der Waals surface area (Å²) in [6.45, 7) is 7.75. The fourth-order valence-corrected chi connectivity index (χ4v) is 0. The van der Waals surface area contributed by atoms with E-state index in [1.54, 1.807) is 0 Å².